The maximum Gasteiger partial charge on any atom is 0.261 e. The predicted molar refractivity (Wildman–Crippen MR) is 165 cm³/mol. The van der Waals surface area contributed by atoms with E-state index in [1.807, 2.05) is 0 Å². The Kier molecular flexibility index (Phi) is 9.79. The van der Waals surface area contributed by atoms with E-state index < -0.39 is 16.6 Å². The maximum atomic E-state index is 7.12. The molecule has 0 saturated heterocycles. The van der Waals surface area contributed by atoms with Gasteiger partial charge in [0, 0.05) is 0 Å². The van der Waals surface area contributed by atoms with Crippen molar-refractivity contribution in [2.75, 3.05) is 0 Å². The lowest BCUT2D eigenvalue weighted by atomic mass is 10.1. The second kappa shape index (κ2) is 12.2. The molecule has 0 amide bonds. The van der Waals surface area contributed by atoms with Crippen molar-refractivity contribution < 1.29 is 8.85 Å². The van der Waals surface area contributed by atoms with Gasteiger partial charge in [0.15, 0.2) is 0 Å². The van der Waals surface area contributed by atoms with Crippen LogP contribution in [0.15, 0.2) is 84.9 Å². The van der Waals surface area contributed by atoms with Gasteiger partial charge in [-0.2, -0.15) is 0 Å². The Hall–Kier alpha value is -1.99. The minimum atomic E-state index is -2.54. The van der Waals surface area contributed by atoms with Crippen LogP contribution in [-0.2, 0) is 22.1 Å². The van der Waals surface area contributed by atoms with Crippen LogP contribution >= 0.6 is 0 Å². The molecule has 0 atom stereocenters. The predicted octanol–water partition coefficient (Wildman–Crippen LogP) is 8.46. The molecule has 0 N–H and O–H groups in total. The number of rotatable bonds is 11. The average molecular weight is 533 g/mol. The minimum absolute atomic E-state index is 0.0258. The Morgan fingerprint density at radius 1 is 0.541 bits per heavy atom. The molecule has 0 saturated carbocycles. The van der Waals surface area contributed by atoms with E-state index in [9.17, 15) is 0 Å². The van der Waals surface area contributed by atoms with Crippen LogP contribution in [0.4, 0.5) is 0 Å². The number of benzene rings is 3. The first kappa shape index (κ1) is 29.6. The largest absolute Gasteiger partial charge is 0.412 e. The molecule has 0 aliphatic rings. The molecule has 0 heterocycles. The molecular weight excluding hydrogens is 485 g/mol. The molecule has 0 aromatic heterocycles. The van der Waals surface area contributed by atoms with E-state index in [-0.39, 0.29) is 5.04 Å². The van der Waals surface area contributed by atoms with E-state index in [4.69, 9.17) is 8.85 Å². The monoisotopic (exact) mass is 532 g/mol. The lowest BCUT2D eigenvalue weighted by Crippen LogP contribution is -2.66. The molecule has 0 unspecified atom stereocenters. The van der Waals surface area contributed by atoms with Gasteiger partial charge in [0.2, 0.25) is 8.32 Å². The molecule has 0 aliphatic heterocycles. The molecule has 3 aromatic carbocycles. The Bertz CT molecular complexity index is 1020. The molecule has 4 heteroatoms. The van der Waals surface area contributed by atoms with E-state index >= 15 is 0 Å². The first-order valence-electron chi connectivity index (χ1n) is 13.9. The van der Waals surface area contributed by atoms with Crippen LogP contribution in [0.2, 0.25) is 21.7 Å². The molecule has 37 heavy (non-hydrogen) atoms. The van der Waals surface area contributed by atoms with Crippen LogP contribution in [0, 0.1) is 0 Å². The van der Waals surface area contributed by atoms with E-state index in [1.165, 1.54) is 21.5 Å². The highest BCUT2D eigenvalue weighted by Crippen LogP contribution is 2.43. The van der Waals surface area contributed by atoms with Crippen LogP contribution in [-0.4, -0.2) is 16.6 Å². The number of hydrogen-bond donors (Lipinski definition) is 0. The van der Waals surface area contributed by atoms with E-state index in [1.54, 1.807) is 0 Å². The third kappa shape index (κ3) is 6.20. The summed E-state index contributed by atoms with van der Waals surface area (Å²) >= 11 is 0. The molecule has 2 nitrogen and oxygen atoms in total. The SMILES string of the molecule is CC(C)[Si](OCc1ccc(CO[Si](c2ccccc2)(c2ccccc2)C(C)(C)C)cc1)(C(C)C)C(C)C. The molecule has 3 rings (SSSR count). The molecule has 3 aromatic rings. The molecular formula is C33H48O2Si2. The molecule has 0 bridgehead atoms. The Labute approximate surface area is 228 Å². The van der Waals surface area contributed by atoms with E-state index in [2.05, 4.69) is 147 Å². The van der Waals surface area contributed by atoms with Crippen molar-refractivity contribution >= 4 is 27.0 Å². The summed E-state index contributed by atoms with van der Waals surface area (Å²) in [5, 5.41) is 2.61. The molecule has 0 aliphatic carbocycles. The zero-order valence-electron chi connectivity index (χ0n) is 24.5. The zero-order chi connectivity index (χ0) is 27.3. The Balaban J connectivity index is 1.84. The zero-order valence-corrected chi connectivity index (χ0v) is 26.5. The maximum absolute atomic E-state index is 7.12. The summed E-state index contributed by atoms with van der Waals surface area (Å²) in [7, 11) is -4.42. The van der Waals surface area contributed by atoms with Crippen molar-refractivity contribution in [3.8, 4) is 0 Å². The van der Waals surface area contributed by atoms with Crippen molar-refractivity contribution in [2.24, 2.45) is 0 Å². The quantitative estimate of drug-likeness (QED) is 0.231. The van der Waals surface area contributed by atoms with Crippen molar-refractivity contribution in [3.63, 3.8) is 0 Å². The Morgan fingerprint density at radius 2 is 0.892 bits per heavy atom. The standard InChI is InChI=1S/C33H48O2Si2/c1-26(2)36(27(3)4,28(5)6)34-24-29-20-22-30(23-21-29)25-35-37(33(7,8)9,31-16-12-10-13-17-31)32-18-14-11-15-19-32/h10-23,26-28H,24-25H2,1-9H3. The van der Waals surface area contributed by atoms with Gasteiger partial charge in [-0.3, -0.25) is 0 Å². The first-order valence-corrected chi connectivity index (χ1v) is 18.0. The topological polar surface area (TPSA) is 18.5 Å². The molecule has 0 fully saturated rings. The van der Waals surface area contributed by atoms with Crippen LogP contribution in [0.25, 0.3) is 0 Å². The highest BCUT2D eigenvalue weighted by molar-refractivity contribution is 6.99. The van der Waals surface area contributed by atoms with Gasteiger partial charge >= 0.3 is 0 Å². The van der Waals surface area contributed by atoms with Crippen LogP contribution in [0.1, 0.15) is 73.4 Å². The fourth-order valence-corrected chi connectivity index (χ4v) is 16.3. The summed E-state index contributed by atoms with van der Waals surface area (Å²) < 4.78 is 13.9. The fourth-order valence-electron chi connectivity index (χ4n) is 6.39. The highest BCUT2D eigenvalue weighted by Gasteiger charge is 2.50. The van der Waals surface area contributed by atoms with Crippen LogP contribution in [0.5, 0.6) is 0 Å². The summed E-state index contributed by atoms with van der Waals surface area (Å²) in [5.41, 5.74) is 4.22. The van der Waals surface area contributed by atoms with Crippen LogP contribution in [0.3, 0.4) is 0 Å². The lowest BCUT2D eigenvalue weighted by Gasteiger charge is -2.43. The van der Waals surface area contributed by atoms with Crippen molar-refractivity contribution in [1.29, 1.82) is 0 Å². The lowest BCUT2D eigenvalue weighted by molar-refractivity contribution is 0.265. The molecule has 0 radical (unpaired) electrons. The first-order chi connectivity index (χ1) is 17.4. The van der Waals surface area contributed by atoms with E-state index in [0.29, 0.717) is 29.8 Å². The smallest absolute Gasteiger partial charge is 0.261 e. The summed E-state index contributed by atoms with van der Waals surface area (Å²) in [6.45, 7) is 22.3. The van der Waals surface area contributed by atoms with Gasteiger partial charge in [0.1, 0.15) is 0 Å². The third-order valence-corrected chi connectivity index (χ3v) is 19.1. The average Bonchev–Trinajstić information content (AvgIpc) is 2.85. The molecule has 200 valence electrons. The van der Waals surface area contributed by atoms with E-state index in [0.717, 1.165) is 0 Å². The summed E-state index contributed by atoms with van der Waals surface area (Å²) in [5.74, 6) is 0. The van der Waals surface area contributed by atoms with Gasteiger partial charge in [-0.05, 0) is 43.2 Å². The van der Waals surface area contributed by atoms with Crippen molar-refractivity contribution in [1.82, 2.24) is 0 Å². The number of hydrogen-bond acceptors (Lipinski definition) is 2. The van der Waals surface area contributed by atoms with Gasteiger partial charge in [0.05, 0.1) is 13.2 Å². The van der Waals surface area contributed by atoms with Gasteiger partial charge < -0.3 is 8.85 Å². The van der Waals surface area contributed by atoms with Gasteiger partial charge in [0.25, 0.3) is 8.32 Å². The van der Waals surface area contributed by atoms with Crippen LogP contribution < -0.4 is 10.4 Å². The third-order valence-electron chi connectivity index (χ3n) is 8.09. The normalized spacial score (nSPS) is 13.1. The van der Waals surface area contributed by atoms with Crippen molar-refractivity contribution in [2.45, 2.75) is 97.2 Å². The van der Waals surface area contributed by atoms with Crippen molar-refractivity contribution in [3.05, 3.63) is 96.1 Å². The second-order valence-electron chi connectivity index (χ2n) is 12.4. The Morgan fingerprint density at radius 3 is 1.22 bits per heavy atom. The minimum Gasteiger partial charge on any atom is -0.412 e. The van der Waals surface area contributed by atoms with Gasteiger partial charge in [-0.1, -0.05) is 147 Å². The van der Waals surface area contributed by atoms with Gasteiger partial charge in [-0.15, -0.1) is 0 Å². The van der Waals surface area contributed by atoms with Gasteiger partial charge in [-0.25, -0.2) is 0 Å². The summed E-state index contributed by atoms with van der Waals surface area (Å²) in [6.07, 6.45) is 0. The summed E-state index contributed by atoms with van der Waals surface area (Å²) in [6, 6.07) is 30.6. The second-order valence-corrected chi connectivity index (χ2v) is 22.1. The molecule has 0 spiro atoms. The highest BCUT2D eigenvalue weighted by atomic mass is 28.4. The fraction of sp³-hybridized carbons (Fsp3) is 0.455. The summed E-state index contributed by atoms with van der Waals surface area (Å²) in [4.78, 5) is 0.